The molecular weight excluding hydrogens is 287 g/mol. The van der Waals surface area contributed by atoms with E-state index in [0.29, 0.717) is 0 Å². The summed E-state index contributed by atoms with van der Waals surface area (Å²) in [6, 6.07) is 32.3. The maximum absolute atomic E-state index is 8.81. The molecule has 0 saturated heterocycles. The van der Waals surface area contributed by atoms with Gasteiger partial charge in [0, 0.05) is 0 Å². The fourth-order valence-electron chi connectivity index (χ4n) is 2.18. The summed E-state index contributed by atoms with van der Waals surface area (Å²) in [6.07, 6.45) is 0.750. The fraction of sp³-hybridized carbons (Fsp3) is 0.0500. The summed E-state index contributed by atoms with van der Waals surface area (Å²) in [5.41, 5.74) is 0. The van der Waals surface area contributed by atoms with Gasteiger partial charge in [-0.25, -0.2) is 0 Å². The first-order valence-corrected chi connectivity index (χ1v) is 8.56. The monoisotopic (exact) mass is 306 g/mol. The van der Waals surface area contributed by atoms with Crippen molar-refractivity contribution in [3.05, 3.63) is 91.0 Å². The lowest BCUT2D eigenvalue weighted by atomic mass is 10.4. The van der Waals surface area contributed by atoms with Crippen LogP contribution in [0.4, 0.5) is 0 Å². The SMILES string of the molecule is CC=O.c1ccc(P(c2ccccc2)c2ccccc2)cc1. The largest absolute Gasteiger partial charge is 0.304 e. The zero-order valence-corrected chi connectivity index (χ0v) is 13.5. The molecule has 0 atom stereocenters. The van der Waals surface area contributed by atoms with Gasteiger partial charge in [0.2, 0.25) is 0 Å². The third kappa shape index (κ3) is 4.38. The van der Waals surface area contributed by atoms with E-state index >= 15 is 0 Å². The molecule has 0 aliphatic carbocycles. The Balaban J connectivity index is 0.000000545. The number of hydrogen-bond donors (Lipinski definition) is 0. The minimum atomic E-state index is -0.446. The second-order valence-corrected chi connectivity index (χ2v) is 6.80. The van der Waals surface area contributed by atoms with Gasteiger partial charge < -0.3 is 4.79 Å². The number of hydrogen-bond acceptors (Lipinski definition) is 1. The smallest absolute Gasteiger partial charge is 0.116 e. The average molecular weight is 306 g/mol. The van der Waals surface area contributed by atoms with Crippen molar-refractivity contribution in [3.63, 3.8) is 0 Å². The summed E-state index contributed by atoms with van der Waals surface area (Å²) in [4.78, 5) is 8.81. The molecule has 0 N–H and O–H groups in total. The molecule has 0 spiro atoms. The van der Waals surface area contributed by atoms with E-state index < -0.39 is 7.92 Å². The van der Waals surface area contributed by atoms with Gasteiger partial charge in [-0.2, -0.15) is 0 Å². The van der Waals surface area contributed by atoms with Crippen LogP contribution in [-0.4, -0.2) is 6.29 Å². The molecule has 3 aromatic carbocycles. The van der Waals surface area contributed by atoms with Gasteiger partial charge in [0.05, 0.1) is 0 Å². The summed E-state index contributed by atoms with van der Waals surface area (Å²) < 4.78 is 0. The van der Waals surface area contributed by atoms with Crippen LogP contribution in [0.5, 0.6) is 0 Å². The van der Waals surface area contributed by atoms with Crippen molar-refractivity contribution in [2.75, 3.05) is 0 Å². The Labute approximate surface area is 133 Å². The molecule has 110 valence electrons. The van der Waals surface area contributed by atoms with E-state index in [2.05, 4.69) is 91.0 Å². The lowest BCUT2D eigenvalue weighted by Gasteiger charge is -2.18. The number of benzene rings is 3. The first-order valence-electron chi connectivity index (χ1n) is 7.22. The van der Waals surface area contributed by atoms with Crippen LogP contribution < -0.4 is 15.9 Å². The summed E-state index contributed by atoms with van der Waals surface area (Å²) in [5, 5.41) is 4.19. The van der Waals surface area contributed by atoms with Crippen molar-refractivity contribution < 1.29 is 4.79 Å². The van der Waals surface area contributed by atoms with E-state index in [1.807, 2.05) is 0 Å². The Morgan fingerprint density at radius 1 is 0.591 bits per heavy atom. The molecular formula is C20H19OP. The lowest BCUT2D eigenvalue weighted by molar-refractivity contribution is -0.106. The molecule has 3 aromatic rings. The number of carbonyl (C=O) groups excluding carboxylic acids is 1. The zero-order chi connectivity index (χ0) is 15.6. The van der Waals surface area contributed by atoms with E-state index in [-0.39, 0.29) is 0 Å². The summed E-state index contributed by atoms with van der Waals surface area (Å²) in [6.45, 7) is 1.44. The molecule has 0 saturated carbocycles. The minimum absolute atomic E-state index is 0.446. The second-order valence-electron chi connectivity index (χ2n) is 4.58. The van der Waals surface area contributed by atoms with Crippen molar-refractivity contribution in [2.24, 2.45) is 0 Å². The Hall–Kier alpha value is -2.24. The van der Waals surface area contributed by atoms with Crippen molar-refractivity contribution in [2.45, 2.75) is 6.92 Å². The Bertz CT molecular complexity index is 572. The molecule has 0 amide bonds. The standard InChI is InChI=1S/C18H15P.C2H4O/c1-4-10-16(11-5-1)19(17-12-6-2-7-13-17)18-14-8-3-9-15-18;1-2-3/h1-15H;2H,1H3. The number of carbonyl (C=O) groups is 1. The maximum Gasteiger partial charge on any atom is 0.116 e. The quantitative estimate of drug-likeness (QED) is 0.533. The topological polar surface area (TPSA) is 17.1 Å². The van der Waals surface area contributed by atoms with E-state index in [1.165, 1.54) is 22.8 Å². The predicted octanol–water partition coefficient (Wildman–Crippen LogP) is 3.65. The molecule has 0 heterocycles. The Kier molecular flexibility index (Phi) is 6.54. The molecule has 0 radical (unpaired) electrons. The normalized spacial score (nSPS) is 9.73. The third-order valence-corrected chi connectivity index (χ3v) is 5.49. The molecule has 1 nitrogen and oxygen atoms in total. The Morgan fingerprint density at radius 3 is 1.05 bits per heavy atom. The van der Waals surface area contributed by atoms with Gasteiger partial charge in [0.25, 0.3) is 0 Å². The van der Waals surface area contributed by atoms with Crippen molar-refractivity contribution in [1.82, 2.24) is 0 Å². The van der Waals surface area contributed by atoms with E-state index in [0.717, 1.165) is 6.29 Å². The molecule has 2 heteroatoms. The first kappa shape index (κ1) is 16.1. The van der Waals surface area contributed by atoms with Crippen LogP contribution in [0.2, 0.25) is 0 Å². The van der Waals surface area contributed by atoms with E-state index in [4.69, 9.17) is 4.79 Å². The van der Waals surface area contributed by atoms with Crippen LogP contribution in [0, 0.1) is 0 Å². The first-order chi connectivity index (χ1) is 10.9. The van der Waals surface area contributed by atoms with Crippen LogP contribution in [0.1, 0.15) is 6.92 Å². The highest BCUT2D eigenvalue weighted by atomic mass is 31.1. The molecule has 22 heavy (non-hydrogen) atoms. The maximum atomic E-state index is 8.81. The molecule has 0 fully saturated rings. The highest BCUT2D eigenvalue weighted by Gasteiger charge is 2.14. The van der Waals surface area contributed by atoms with Crippen LogP contribution in [0.3, 0.4) is 0 Å². The van der Waals surface area contributed by atoms with Crippen LogP contribution in [0.25, 0.3) is 0 Å². The van der Waals surface area contributed by atoms with Crippen molar-refractivity contribution in [1.29, 1.82) is 0 Å². The van der Waals surface area contributed by atoms with Gasteiger partial charge in [0.1, 0.15) is 6.29 Å². The second kappa shape index (κ2) is 8.92. The molecule has 0 aliphatic heterocycles. The van der Waals surface area contributed by atoms with Gasteiger partial charge in [-0.05, 0) is 30.8 Å². The van der Waals surface area contributed by atoms with Gasteiger partial charge in [-0.1, -0.05) is 91.0 Å². The summed E-state index contributed by atoms with van der Waals surface area (Å²) in [7, 11) is -0.446. The Morgan fingerprint density at radius 2 is 0.818 bits per heavy atom. The average Bonchev–Trinajstić information content (AvgIpc) is 2.59. The predicted molar refractivity (Wildman–Crippen MR) is 96.9 cm³/mol. The zero-order valence-electron chi connectivity index (χ0n) is 12.6. The van der Waals surface area contributed by atoms with Crippen molar-refractivity contribution in [3.8, 4) is 0 Å². The highest BCUT2D eigenvalue weighted by molar-refractivity contribution is 7.79. The number of rotatable bonds is 3. The molecule has 3 rings (SSSR count). The molecule has 0 aliphatic rings. The van der Waals surface area contributed by atoms with Gasteiger partial charge >= 0.3 is 0 Å². The number of aldehydes is 1. The van der Waals surface area contributed by atoms with Crippen LogP contribution in [0.15, 0.2) is 91.0 Å². The highest BCUT2D eigenvalue weighted by Crippen LogP contribution is 2.32. The van der Waals surface area contributed by atoms with Crippen LogP contribution in [-0.2, 0) is 4.79 Å². The third-order valence-electron chi connectivity index (χ3n) is 3.04. The van der Waals surface area contributed by atoms with E-state index in [9.17, 15) is 0 Å². The fourth-order valence-corrected chi connectivity index (χ4v) is 4.48. The molecule has 0 bridgehead atoms. The summed E-state index contributed by atoms with van der Waals surface area (Å²) in [5.74, 6) is 0. The van der Waals surface area contributed by atoms with Gasteiger partial charge in [-0.3, -0.25) is 0 Å². The molecule has 0 unspecified atom stereocenters. The van der Waals surface area contributed by atoms with Gasteiger partial charge in [-0.15, -0.1) is 0 Å². The summed E-state index contributed by atoms with van der Waals surface area (Å²) >= 11 is 0. The van der Waals surface area contributed by atoms with Crippen LogP contribution >= 0.6 is 7.92 Å². The van der Waals surface area contributed by atoms with E-state index in [1.54, 1.807) is 0 Å². The van der Waals surface area contributed by atoms with Crippen molar-refractivity contribution >= 4 is 30.1 Å². The lowest BCUT2D eigenvalue weighted by Crippen LogP contribution is -2.20. The van der Waals surface area contributed by atoms with Gasteiger partial charge in [0.15, 0.2) is 0 Å². The minimum Gasteiger partial charge on any atom is -0.304 e. The molecule has 0 aromatic heterocycles.